The average Bonchev–Trinajstić information content (AvgIpc) is 1.61. The third kappa shape index (κ3) is 17.9. The highest BCUT2D eigenvalue weighted by Crippen LogP contribution is 2.42. The number of benzene rings is 10. The van der Waals surface area contributed by atoms with Crippen molar-refractivity contribution in [3.05, 3.63) is 382 Å². The molecule has 4 N–H and O–H groups in total. The van der Waals surface area contributed by atoms with Crippen molar-refractivity contribution in [3.63, 3.8) is 0 Å². The normalized spacial score (nSPS) is 11.9. The summed E-state index contributed by atoms with van der Waals surface area (Å²) in [5, 5.41) is 4.08. The molecule has 0 amide bonds. The predicted molar refractivity (Wildman–Crippen MR) is 562 cm³/mol. The largest absolute Gasteiger partial charge is 0.382 e. The van der Waals surface area contributed by atoms with Gasteiger partial charge in [0, 0.05) is 160 Å². The lowest BCUT2D eigenvalue weighted by Crippen LogP contribution is -2.11. The molecule has 0 unspecified atom stereocenters. The maximum atomic E-state index is 6.24. The molecule has 10 aromatic carbocycles. The van der Waals surface area contributed by atoms with Crippen LogP contribution in [0.4, 0.5) is 0 Å². The van der Waals surface area contributed by atoms with Crippen LogP contribution in [0.1, 0.15) is 78.9 Å². The van der Waals surface area contributed by atoms with E-state index in [4.69, 9.17) is 48.4 Å². The van der Waals surface area contributed by atoms with Crippen molar-refractivity contribution in [3.8, 4) is 114 Å². The van der Waals surface area contributed by atoms with Gasteiger partial charge >= 0.3 is 0 Å². The monoisotopic (exact) mass is 1790 g/mol. The van der Waals surface area contributed by atoms with Crippen molar-refractivity contribution in [2.45, 2.75) is 13.1 Å². The number of nitrogens with one attached hydrogen (secondary N) is 4. The first-order valence-corrected chi connectivity index (χ1v) is 46.5. The number of methoxy groups -OCH3 is 2. The summed E-state index contributed by atoms with van der Waals surface area (Å²) in [5.41, 5.74) is 34.4. The zero-order chi connectivity index (χ0) is 92.5. The van der Waals surface area contributed by atoms with Crippen molar-refractivity contribution >= 4 is 136 Å². The van der Waals surface area contributed by atoms with Gasteiger partial charge in [-0.1, -0.05) is 218 Å². The minimum absolute atomic E-state index is 0.449. The average molecular weight is 1790 g/mol. The fourth-order valence-corrected chi connectivity index (χ4v) is 18.8. The van der Waals surface area contributed by atoms with E-state index in [9.17, 15) is 0 Å². The Balaban J connectivity index is 0.639. The summed E-state index contributed by atoms with van der Waals surface area (Å²) < 4.78 is 39.1. The molecule has 16 heteroatoms. The molecule has 18 aromatic rings. The molecular weight excluding hydrogens is 1700 g/mol. The number of ether oxygens (including phenoxy) is 6. The Morgan fingerprint density at radius 2 is 0.449 bits per heavy atom. The second-order valence-corrected chi connectivity index (χ2v) is 33.9. The maximum Gasteiger partial charge on any atom is 0.0815 e. The van der Waals surface area contributed by atoms with Crippen LogP contribution in [-0.2, 0) is 41.5 Å². The summed E-state index contributed by atoms with van der Waals surface area (Å²) in [7, 11) is 3.34. The number of hydrogen-bond donors (Lipinski definition) is 4. The molecular formula is C122H92N10O6. The van der Waals surface area contributed by atoms with Gasteiger partial charge in [-0.15, -0.1) is 0 Å². The zero-order valence-corrected chi connectivity index (χ0v) is 76.1. The first-order valence-electron chi connectivity index (χ1n) is 46.5. The Morgan fingerprint density at radius 3 is 0.717 bits per heavy atom. The molecule has 0 aliphatic carbocycles. The van der Waals surface area contributed by atoms with Gasteiger partial charge in [0.15, 0.2) is 0 Å². The van der Waals surface area contributed by atoms with E-state index in [1.807, 2.05) is 36.4 Å². The molecule has 16 nitrogen and oxygen atoms in total. The van der Waals surface area contributed by atoms with Gasteiger partial charge in [-0.2, -0.15) is 0 Å². The predicted octanol–water partition coefficient (Wildman–Crippen LogP) is 25.4. The van der Waals surface area contributed by atoms with Gasteiger partial charge in [-0.3, -0.25) is 0 Å². The Bertz CT molecular complexity index is 7990. The van der Waals surface area contributed by atoms with Crippen LogP contribution in [0.2, 0.25) is 0 Å². The van der Waals surface area contributed by atoms with E-state index in [-0.39, 0.29) is 0 Å². The Kier molecular flexibility index (Phi) is 24.8. The summed E-state index contributed by atoms with van der Waals surface area (Å²) in [6.45, 7) is 5.97. The molecule has 22 rings (SSSR count). The van der Waals surface area contributed by atoms with Crippen LogP contribution >= 0.6 is 0 Å². The first-order chi connectivity index (χ1) is 68.3. The molecule has 0 atom stereocenters. The van der Waals surface area contributed by atoms with Gasteiger partial charge in [0.1, 0.15) is 0 Å². The molecule has 138 heavy (non-hydrogen) atoms. The van der Waals surface area contributed by atoms with Crippen LogP contribution in [0.5, 0.6) is 0 Å². The van der Waals surface area contributed by atoms with Gasteiger partial charge in [0.25, 0.3) is 0 Å². The summed E-state index contributed by atoms with van der Waals surface area (Å²) in [6, 6.07) is 106. The quantitative estimate of drug-likeness (QED) is 0.0336. The molecule has 0 saturated carbocycles. The van der Waals surface area contributed by atoms with Gasteiger partial charge in [-0.05, 0) is 215 Å². The first kappa shape index (κ1) is 86.4. The summed E-state index contributed by atoms with van der Waals surface area (Å²) >= 11 is 0. The van der Waals surface area contributed by atoms with Crippen LogP contribution < -0.4 is 0 Å². The summed E-state index contributed by atoms with van der Waals surface area (Å²) in [6.07, 6.45) is 16.9. The van der Waals surface area contributed by atoms with E-state index in [0.717, 1.165) is 233 Å². The SMILES string of the molecule is COCCOCCOCCn1c2ccc(C#CC#Cc3ccc4c(c3)c3cc(C#Cc5c6nc(c(-c7ccccc7)c7ccc([nH]7)c(-c7ccccc7)c7nc(c(-c8ccccc8)c8ccc5[nH]8)C=C7)C=C6)ccc3n4CCOCCOCCOC)cc2c2cc(C#Cc3c4nc(c(-c5ccccc5)c5ccc([nH]5)c(-c5ccccc5)c5nc(c(-c6ccccc6)c6ccc3[nH]6)C=C5)C=C4)ccc21. The number of aromatic nitrogens is 10. The lowest BCUT2D eigenvalue weighted by atomic mass is 10.0. The van der Waals surface area contributed by atoms with Crippen molar-refractivity contribution < 1.29 is 28.4 Å². The number of fused-ring (bicyclic) bond motifs is 22. The zero-order valence-electron chi connectivity index (χ0n) is 76.1. The molecule has 0 saturated heterocycles. The highest BCUT2D eigenvalue weighted by molar-refractivity contribution is 6.11. The van der Waals surface area contributed by atoms with E-state index < -0.39 is 0 Å². The lowest BCUT2D eigenvalue weighted by molar-refractivity contribution is 0.0234. The Labute approximate surface area is 798 Å². The topological polar surface area (TPSA) is 180 Å². The Hall–Kier alpha value is -17.0. The van der Waals surface area contributed by atoms with Crippen LogP contribution in [0.15, 0.2) is 303 Å². The number of nitrogens with zero attached hydrogens (tertiary/aromatic N) is 6. The fraction of sp³-hybridized carbons (Fsp3) is 0.115. The van der Waals surface area contributed by atoms with Crippen LogP contribution in [0.3, 0.4) is 0 Å². The van der Waals surface area contributed by atoms with Crippen molar-refractivity contribution in [1.29, 1.82) is 0 Å². The second kappa shape index (κ2) is 39.7. The number of rotatable bonds is 24. The molecule has 0 spiro atoms. The third-order valence-corrected chi connectivity index (χ3v) is 25.3. The Morgan fingerprint density at radius 1 is 0.225 bits per heavy atom. The van der Waals surface area contributed by atoms with E-state index >= 15 is 0 Å². The van der Waals surface area contributed by atoms with Crippen molar-refractivity contribution in [1.82, 2.24) is 49.0 Å². The highest BCUT2D eigenvalue weighted by Gasteiger charge is 2.24. The number of aromatic amines is 4. The molecule has 666 valence electrons. The molecule has 16 bridgehead atoms. The van der Waals surface area contributed by atoms with Gasteiger partial charge in [0.05, 0.1) is 134 Å². The summed E-state index contributed by atoms with van der Waals surface area (Å²) in [4.78, 5) is 37.5. The van der Waals surface area contributed by atoms with E-state index in [0.29, 0.717) is 79.2 Å². The van der Waals surface area contributed by atoms with E-state index in [1.54, 1.807) is 14.2 Å². The molecule has 12 heterocycles. The van der Waals surface area contributed by atoms with Gasteiger partial charge in [0.2, 0.25) is 0 Å². The minimum atomic E-state index is 0.449. The van der Waals surface area contributed by atoms with Gasteiger partial charge < -0.3 is 57.5 Å². The van der Waals surface area contributed by atoms with Crippen molar-refractivity contribution in [2.24, 2.45) is 0 Å². The van der Waals surface area contributed by atoms with Crippen LogP contribution in [-0.4, -0.2) is 129 Å². The molecule has 4 aliphatic heterocycles. The molecule has 0 fully saturated rings. The fourth-order valence-electron chi connectivity index (χ4n) is 18.8. The van der Waals surface area contributed by atoms with E-state index in [2.05, 4.69) is 392 Å². The van der Waals surface area contributed by atoms with Gasteiger partial charge in [-0.25, -0.2) is 19.9 Å². The maximum absolute atomic E-state index is 6.24. The standard InChI is InChI=1S/C122H92N10O6/c1-133-69-71-137-75-73-135-67-65-131-113-61-39-81(77-93(113)95-79-83(41-63-115(95)131)37-43-91-97-45-49-101(123-97)117(85-25-9-3-10-26-85)105-53-57-109(127-105)121(89-33-17-7-18-34-89)110-58-54-106(128-110)118(86-27-11-4-12-28-86)102-50-46-98(91)124-102)23-21-22-24-82-40-62-114-94(78-82)96-80-84(42-64-116(96)132(114)66-68-136-74-76-138-72-70-134-2)38-44-92-99-47-51-103(125-99)119(87-29-13-5-14-30-87)107-55-59-111(129-107)122(90-35-19-8-20-36-90)112-60-56-108(130-112)120(88-31-15-6-16-32-88)104-52-48-100(92)126-104/h3-20,25-36,39-42,45-64,77-80,123,125,128,130H,65-76H2,1-2H3. The third-order valence-electron chi connectivity index (χ3n) is 25.3. The van der Waals surface area contributed by atoms with Crippen LogP contribution in [0.25, 0.3) is 203 Å². The molecule has 4 aliphatic rings. The smallest absolute Gasteiger partial charge is 0.0815 e. The number of hydrogen-bond acceptors (Lipinski definition) is 10. The lowest BCUT2D eigenvalue weighted by Gasteiger charge is -2.09. The van der Waals surface area contributed by atoms with Crippen LogP contribution in [0, 0.1) is 47.4 Å². The van der Waals surface area contributed by atoms with E-state index in [1.165, 1.54) is 0 Å². The minimum Gasteiger partial charge on any atom is -0.382 e. The highest BCUT2D eigenvalue weighted by atomic mass is 16.5. The second-order valence-electron chi connectivity index (χ2n) is 33.9. The van der Waals surface area contributed by atoms with Crippen molar-refractivity contribution in [2.75, 3.05) is 80.3 Å². The molecule has 8 aromatic heterocycles. The molecule has 0 radical (unpaired) electrons. The number of H-pyrrole nitrogens is 4. The summed E-state index contributed by atoms with van der Waals surface area (Å²) in [5.74, 6) is 28.2.